The van der Waals surface area contributed by atoms with E-state index in [2.05, 4.69) is 6.92 Å². The Morgan fingerprint density at radius 2 is 2.14 bits per heavy atom. The van der Waals surface area contributed by atoms with Crippen molar-refractivity contribution in [2.45, 2.75) is 32.6 Å². The van der Waals surface area contributed by atoms with Crippen LogP contribution in [-0.2, 0) is 6.42 Å². The van der Waals surface area contributed by atoms with E-state index < -0.39 is 5.38 Å². The van der Waals surface area contributed by atoms with E-state index in [4.69, 9.17) is 11.6 Å². The maximum atomic E-state index is 11.7. The molecule has 0 amide bonds. The van der Waals surface area contributed by atoms with Gasteiger partial charge < -0.3 is 0 Å². The first-order chi connectivity index (χ1) is 6.57. The third-order valence-corrected chi connectivity index (χ3v) is 2.59. The molecule has 0 N–H and O–H groups in total. The fraction of sp³-hybridized carbons (Fsp3) is 0.417. The molecule has 0 heterocycles. The normalized spacial score (nSPS) is 12.6. The quantitative estimate of drug-likeness (QED) is 0.552. The molecule has 1 nitrogen and oxygen atoms in total. The summed E-state index contributed by atoms with van der Waals surface area (Å²) in [6.07, 6.45) is 0.872. The summed E-state index contributed by atoms with van der Waals surface area (Å²) in [4.78, 5) is 11.7. The third-order valence-electron chi connectivity index (χ3n) is 2.39. The summed E-state index contributed by atoms with van der Waals surface area (Å²) < 4.78 is 0. The summed E-state index contributed by atoms with van der Waals surface area (Å²) in [5, 5.41) is -0.443. The van der Waals surface area contributed by atoms with Crippen LogP contribution in [0.3, 0.4) is 0 Å². The second-order valence-corrected chi connectivity index (χ2v) is 4.09. The summed E-state index contributed by atoms with van der Waals surface area (Å²) >= 11 is 5.79. The van der Waals surface area contributed by atoms with Crippen molar-refractivity contribution in [2.24, 2.45) is 0 Å². The Morgan fingerprint density at radius 3 is 2.64 bits per heavy atom. The first kappa shape index (κ1) is 11.3. The molecular formula is C12H15ClO. The van der Waals surface area contributed by atoms with E-state index in [0.717, 1.165) is 23.1 Å². The second-order valence-electron chi connectivity index (χ2n) is 3.43. The van der Waals surface area contributed by atoms with Crippen molar-refractivity contribution in [3.8, 4) is 0 Å². The number of carbonyl (C=O) groups is 1. The van der Waals surface area contributed by atoms with E-state index >= 15 is 0 Å². The first-order valence-electron chi connectivity index (χ1n) is 4.84. The standard InChI is InChI=1S/C12H15ClO/c1-4-10-8(2)6-5-7-11(10)12(14)9(3)13/h5-7,9H,4H2,1-3H3. The Balaban J connectivity index is 3.20. The number of hydrogen-bond donors (Lipinski definition) is 0. The Bertz CT molecular complexity index is 342. The minimum Gasteiger partial charge on any atom is -0.293 e. The number of benzene rings is 1. The van der Waals surface area contributed by atoms with Crippen LogP contribution in [0.15, 0.2) is 18.2 Å². The Hall–Kier alpha value is -0.820. The second kappa shape index (κ2) is 4.61. The van der Waals surface area contributed by atoms with Crippen molar-refractivity contribution >= 4 is 17.4 Å². The van der Waals surface area contributed by atoms with Gasteiger partial charge in [-0.1, -0.05) is 25.1 Å². The molecule has 0 bridgehead atoms. The van der Waals surface area contributed by atoms with Gasteiger partial charge in [-0.2, -0.15) is 0 Å². The number of halogens is 1. The van der Waals surface area contributed by atoms with Crippen LogP contribution in [0, 0.1) is 6.92 Å². The van der Waals surface area contributed by atoms with Crippen LogP contribution in [0.2, 0.25) is 0 Å². The van der Waals surface area contributed by atoms with Crippen molar-refractivity contribution in [3.05, 3.63) is 34.9 Å². The van der Waals surface area contributed by atoms with Crippen molar-refractivity contribution in [3.63, 3.8) is 0 Å². The number of aryl methyl sites for hydroxylation is 1. The van der Waals surface area contributed by atoms with Crippen LogP contribution in [0.1, 0.15) is 35.3 Å². The molecule has 0 aliphatic heterocycles. The molecule has 0 aliphatic carbocycles. The minimum absolute atomic E-state index is 0.0206. The van der Waals surface area contributed by atoms with Gasteiger partial charge in [-0.05, 0) is 31.4 Å². The van der Waals surface area contributed by atoms with Crippen LogP contribution in [-0.4, -0.2) is 11.2 Å². The fourth-order valence-electron chi connectivity index (χ4n) is 1.62. The van der Waals surface area contributed by atoms with E-state index in [-0.39, 0.29) is 5.78 Å². The van der Waals surface area contributed by atoms with Crippen molar-refractivity contribution in [2.75, 3.05) is 0 Å². The van der Waals surface area contributed by atoms with Gasteiger partial charge in [0.25, 0.3) is 0 Å². The monoisotopic (exact) mass is 210 g/mol. The summed E-state index contributed by atoms with van der Waals surface area (Å²) in [6.45, 7) is 5.79. The van der Waals surface area contributed by atoms with Gasteiger partial charge in [0, 0.05) is 5.56 Å². The highest BCUT2D eigenvalue weighted by Crippen LogP contribution is 2.18. The van der Waals surface area contributed by atoms with E-state index in [1.165, 1.54) is 0 Å². The molecule has 1 unspecified atom stereocenters. The van der Waals surface area contributed by atoms with Gasteiger partial charge in [-0.15, -0.1) is 11.6 Å². The number of ketones is 1. The highest BCUT2D eigenvalue weighted by Gasteiger charge is 2.15. The van der Waals surface area contributed by atoms with Crippen LogP contribution >= 0.6 is 11.6 Å². The van der Waals surface area contributed by atoms with Crippen LogP contribution in [0.25, 0.3) is 0 Å². The van der Waals surface area contributed by atoms with Gasteiger partial charge in [0.05, 0.1) is 5.38 Å². The van der Waals surface area contributed by atoms with Crippen LogP contribution in [0.4, 0.5) is 0 Å². The maximum absolute atomic E-state index is 11.7. The van der Waals surface area contributed by atoms with E-state index in [0.29, 0.717) is 0 Å². The SMILES string of the molecule is CCc1c(C)cccc1C(=O)C(C)Cl. The number of carbonyl (C=O) groups excluding carboxylic acids is 1. The van der Waals surface area contributed by atoms with Crippen molar-refractivity contribution < 1.29 is 4.79 Å². The molecule has 0 spiro atoms. The molecular weight excluding hydrogens is 196 g/mol. The topological polar surface area (TPSA) is 17.1 Å². The predicted molar refractivity (Wildman–Crippen MR) is 60.2 cm³/mol. The zero-order chi connectivity index (χ0) is 10.7. The Morgan fingerprint density at radius 1 is 1.50 bits per heavy atom. The van der Waals surface area contributed by atoms with Crippen molar-refractivity contribution in [1.29, 1.82) is 0 Å². The van der Waals surface area contributed by atoms with Gasteiger partial charge >= 0.3 is 0 Å². The summed E-state index contributed by atoms with van der Waals surface area (Å²) in [5.41, 5.74) is 3.05. The van der Waals surface area contributed by atoms with Gasteiger partial charge in [-0.25, -0.2) is 0 Å². The van der Waals surface area contributed by atoms with E-state index in [1.807, 2.05) is 25.1 Å². The van der Waals surface area contributed by atoms with Crippen LogP contribution < -0.4 is 0 Å². The maximum Gasteiger partial charge on any atom is 0.180 e. The molecule has 76 valence electrons. The molecule has 0 saturated heterocycles. The molecule has 14 heavy (non-hydrogen) atoms. The first-order valence-corrected chi connectivity index (χ1v) is 5.28. The highest BCUT2D eigenvalue weighted by atomic mass is 35.5. The van der Waals surface area contributed by atoms with Crippen molar-refractivity contribution in [1.82, 2.24) is 0 Å². The fourth-order valence-corrected chi connectivity index (χ4v) is 1.73. The molecule has 0 radical (unpaired) electrons. The third kappa shape index (κ3) is 2.16. The molecule has 0 saturated carbocycles. The summed E-state index contributed by atoms with van der Waals surface area (Å²) in [6, 6.07) is 5.78. The average Bonchev–Trinajstić information content (AvgIpc) is 2.16. The van der Waals surface area contributed by atoms with Gasteiger partial charge in [0.2, 0.25) is 0 Å². The van der Waals surface area contributed by atoms with Gasteiger partial charge in [-0.3, -0.25) is 4.79 Å². The Labute approximate surface area is 90.1 Å². The number of hydrogen-bond acceptors (Lipinski definition) is 1. The lowest BCUT2D eigenvalue weighted by Crippen LogP contribution is -2.13. The lowest BCUT2D eigenvalue weighted by molar-refractivity contribution is 0.0991. The van der Waals surface area contributed by atoms with E-state index in [1.54, 1.807) is 6.92 Å². The minimum atomic E-state index is -0.443. The number of alkyl halides is 1. The Kier molecular flexibility index (Phi) is 3.70. The molecule has 0 aliphatic rings. The molecule has 0 fully saturated rings. The zero-order valence-electron chi connectivity index (χ0n) is 8.80. The molecule has 2 heteroatoms. The molecule has 1 rings (SSSR count). The number of rotatable bonds is 3. The molecule has 1 atom stereocenters. The summed E-state index contributed by atoms with van der Waals surface area (Å²) in [7, 11) is 0. The largest absolute Gasteiger partial charge is 0.293 e. The van der Waals surface area contributed by atoms with E-state index in [9.17, 15) is 4.79 Å². The average molecular weight is 211 g/mol. The van der Waals surface area contributed by atoms with Gasteiger partial charge in [0.15, 0.2) is 5.78 Å². The smallest absolute Gasteiger partial charge is 0.180 e. The molecule has 1 aromatic carbocycles. The lowest BCUT2D eigenvalue weighted by Gasteiger charge is -2.10. The number of Topliss-reactive ketones (excluding diaryl/α,β-unsaturated/α-hetero) is 1. The van der Waals surface area contributed by atoms with Gasteiger partial charge in [0.1, 0.15) is 0 Å². The molecule has 0 aromatic heterocycles. The lowest BCUT2D eigenvalue weighted by atomic mass is 9.96. The molecule has 1 aromatic rings. The zero-order valence-corrected chi connectivity index (χ0v) is 9.56. The van der Waals surface area contributed by atoms with Crippen LogP contribution in [0.5, 0.6) is 0 Å². The predicted octanol–water partition coefficient (Wildman–Crippen LogP) is 3.37. The highest BCUT2D eigenvalue weighted by molar-refractivity contribution is 6.33. The summed E-state index contributed by atoms with van der Waals surface area (Å²) in [5.74, 6) is 0.0206.